The zero-order valence-electron chi connectivity index (χ0n) is 25.3. The van der Waals surface area contributed by atoms with Crippen molar-refractivity contribution in [1.82, 2.24) is 34.3 Å². The van der Waals surface area contributed by atoms with Crippen LogP contribution in [0.3, 0.4) is 0 Å². The lowest BCUT2D eigenvalue weighted by Crippen LogP contribution is -2.55. The van der Waals surface area contributed by atoms with Crippen molar-refractivity contribution in [3.8, 4) is 0 Å². The van der Waals surface area contributed by atoms with E-state index in [2.05, 4.69) is 20.2 Å². The maximum atomic E-state index is 14.1. The molecule has 3 N–H and O–H groups in total. The third kappa shape index (κ3) is 6.40. The molecule has 5 heterocycles. The Bertz CT molecular complexity index is 1650. The van der Waals surface area contributed by atoms with E-state index in [1.807, 2.05) is 0 Å². The summed E-state index contributed by atoms with van der Waals surface area (Å²) in [6.45, 7) is -1.28. The Labute approximate surface area is 264 Å². The summed E-state index contributed by atoms with van der Waals surface area (Å²) in [6.07, 6.45) is -2.64. The van der Waals surface area contributed by atoms with E-state index in [1.54, 1.807) is 0 Å². The minimum Gasteiger partial charge on any atom is -0.384 e. The second-order valence-electron chi connectivity index (χ2n) is 12.8. The topological polar surface area (TPSA) is 154 Å². The smallest absolute Gasteiger partial charge is 0.271 e. The minimum atomic E-state index is -3.15. The number of amides is 2. The number of halogens is 6. The number of nitrogens with zero attached hydrogens (tertiary/aromatic N) is 7. The summed E-state index contributed by atoms with van der Waals surface area (Å²) in [5, 5.41) is 19.2. The van der Waals surface area contributed by atoms with Gasteiger partial charge in [-0.15, -0.1) is 0 Å². The monoisotopic (exact) mass is 672 g/mol. The van der Waals surface area contributed by atoms with E-state index in [4.69, 9.17) is 10.5 Å². The van der Waals surface area contributed by atoms with Gasteiger partial charge in [0.15, 0.2) is 0 Å². The van der Waals surface area contributed by atoms with Gasteiger partial charge in [0.25, 0.3) is 29.9 Å². The van der Waals surface area contributed by atoms with Crippen molar-refractivity contribution in [3.63, 3.8) is 0 Å². The van der Waals surface area contributed by atoms with Crippen molar-refractivity contribution in [1.29, 1.82) is 0 Å². The SMILES string of the molecule is Cn1ncc([C@@H](c2cn3ncc([C@@H]4C[C@@](O)(C(F)F)CCN4C(=O)[C@@H]4CCC(F)(F)CO4)nc3n2)C2CCC(F)(F)CC2)c1C(N)=O. The number of aliphatic hydroxyl groups is 1. The van der Waals surface area contributed by atoms with E-state index in [9.17, 15) is 41.0 Å². The zero-order valence-corrected chi connectivity index (χ0v) is 25.3. The molecule has 6 rings (SSSR count). The summed E-state index contributed by atoms with van der Waals surface area (Å²) in [5.41, 5.74) is 3.99. The molecule has 1 saturated carbocycles. The average molecular weight is 673 g/mol. The summed E-state index contributed by atoms with van der Waals surface area (Å²) in [7, 11) is 1.52. The quantitative estimate of drug-likeness (QED) is 0.363. The van der Waals surface area contributed by atoms with Crippen molar-refractivity contribution in [3.05, 3.63) is 41.2 Å². The average Bonchev–Trinajstić information content (AvgIpc) is 3.60. The highest BCUT2D eigenvalue weighted by molar-refractivity contribution is 5.92. The Morgan fingerprint density at radius 3 is 2.36 bits per heavy atom. The molecule has 0 spiro atoms. The molecule has 2 aliphatic heterocycles. The summed E-state index contributed by atoms with van der Waals surface area (Å²) in [4.78, 5) is 36.2. The van der Waals surface area contributed by atoms with Crippen LogP contribution in [0.15, 0.2) is 18.6 Å². The van der Waals surface area contributed by atoms with Gasteiger partial charge in [-0.1, -0.05) is 0 Å². The van der Waals surface area contributed by atoms with Gasteiger partial charge in [-0.05, 0) is 31.6 Å². The number of aromatic nitrogens is 6. The van der Waals surface area contributed by atoms with Crippen molar-refractivity contribution >= 4 is 17.6 Å². The predicted octanol–water partition coefficient (Wildman–Crippen LogP) is 3.39. The van der Waals surface area contributed by atoms with Gasteiger partial charge in [0, 0.05) is 50.8 Å². The molecule has 2 saturated heterocycles. The van der Waals surface area contributed by atoms with E-state index in [1.165, 1.54) is 39.7 Å². The van der Waals surface area contributed by atoms with E-state index in [0.717, 1.165) is 0 Å². The normalized spacial score (nSPS) is 27.3. The highest BCUT2D eigenvalue weighted by Crippen LogP contribution is 2.46. The minimum absolute atomic E-state index is 0.0102. The van der Waals surface area contributed by atoms with E-state index in [-0.39, 0.29) is 61.7 Å². The number of likely N-dealkylation sites (tertiary alicyclic amines) is 1. The lowest BCUT2D eigenvalue weighted by Gasteiger charge is -2.44. The van der Waals surface area contributed by atoms with Crippen LogP contribution in [0.5, 0.6) is 0 Å². The first-order valence-electron chi connectivity index (χ1n) is 15.3. The number of imidazole rings is 1. The number of nitrogens with two attached hydrogens (primary N) is 1. The number of rotatable bonds is 7. The zero-order chi connectivity index (χ0) is 33.9. The van der Waals surface area contributed by atoms with Gasteiger partial charge in [-0.25, -0.2) is 40.8 Å². The molecule has 47 heavy (non-hydrogen) atoms. The number of fused-ring (bicyclic) bond motifs is 1. The van der Waals surface area contributed by atoms with Crippen molar-refractivity contribution in [2.45, 2.75) is 93.3 Å². The van der Waals surface area contributed by atoms with Gasteiger partial charge in [0.1, 0.15) is 24.0 Å². The Morgan fingerprint density at radius 1 is 1.02 bits per heavy atom. The maximum Gasteiger partial charge on any atom is 0.271 e. The molecule has 3 fully saturated rings. The first kappa shape index (κ1) is 33.1. The molecule has 0 radical (unpaired) electrons. The fourth-order valence-corrected chi connectivity index (χ4v) is 6.99. The van der Waals surface area contributed by atoms with E-state index >= 15 is 0 Å². The summed E-state index contributed by atoms with van der Waals surface area (Å²) in [6, 6.07) is -1.23. The fourth-order valence-electron chi connectivity index (χ4n) is 6.99. The number of carbonyl (C=O) groups is 2. The van der Waals surface area contributed by atoms with Crippen LogP contribution in [-0.4, -0.2) is 94.3 Å². The third-order valence-corrected chi connectivity index (χ3v) is 9.60. The maximum absolute atomic E-state index is 14.1. The molecule has 0 aromatic carbocycles. The van der Waals surface area contributed by atoms with Gasteiger partial charge >= 0.3 is 0 Å². The molecule has 3 aliphatic rings. The number of alkyl halides is 6. The standard InChI is InChI=1S/C29H34F6N8O4/c1-41-22(23(36)44)16(11-37-41)21(15-2-5-28(32,33)6-3-15)18-13-43-26(40-18)39-17(12-38-43)19-10-27(46,25(30)31)8-9-42(19)24(45)20-4-7-29(34,35)14-47-20/h11-13,15,19-21,25,46H,2-10,14H2,1H3,(H2,36,44)/t19-,20-,21-,27+/m0/s1. The van der Waals surface area contributed by atoms with Gasteiger partial charge in [0.05, 0.1) is 36.0 Å². The van der Waals surface area contributed by atoms with Gasteiger partial charge in [0.2, 0.25) is 5.92 Å². The lowest BCUT2D eigenvalue weighted by molar-refractivity contribution is -0.182. The van der Waals surface area contributed by atoms with Gasteiger partial charge < -0.3 is 20.5 Å². The van der Waals surface area contributed by atoms with Crippen molar-refractivity contribution in [2.75, 3.05) is 13.2 Å². The third-order valence-electron chi connectivity index (χ3n) is 9.60. The number of aryl methyl sites for hydroxylation is 1. The van der Waals surface area contributed by atoms with E-state index in [0.29, 0.717) is 11.3 Å². The highest BCUT2D eigenvalue weighted by atomic mass is 19.3. The van der Waals surface area contributed by atoms with Crippen LogP contribution < -0.4 is 5.73 Å². The Balaban J connectivity index is 1.36. The molecule has 18 heteroatoms. The molecular weight excluding hydrogens is 638 g/mol. The van der Waals surface area contributed by atoms with Crippen molar-refractivity contribution in [2.24, 2.45) is 18.7 Å². The van der Waals surface area contributed by atoms with Crippen LogP contribution in [0.4, 0.5) is 26.3 Å². The van der Waals surface area contributed by atoms with Crippen LogP contribution >= 0.6 is 0 Å². The molecule has 3 aromatic rings. The fraction of sp³-hybridized carbons (Fsp3) is 0.655. The predicted molar refractivity (Wildman–Crippen MR) is 150 cm³/mol. The van der Waals surface area contributed by atoms with Gasteiger partial charge in [-0.3, -0.25) is 14.3 Å². The number of hydrogen-bond acceptors (Lipinski definition) is 8. The van der Waals surface area contributed by atoms with Crippen LogP contribution in [0.25, 0.3) is 5.78 Å². The second-order valence-corrected chi connectivity index (χ2v) is 12.8. The highest BCUT2D eigenvalue weighted by Gasteiger charge is 2.49. The van der Waals surface area contributed by atoms with Crippen LogP contribution in [0.2, 0.25) is 0 Å². The molecule has 12 nitrogen and oxygen atoms in total. The number of primary amides is 1. The Hall–Kier alpha value is -3.80. The van der Waals surface area contributed by atoms with Crippen LogP contribution in [-0.2, 0) is 16.6 Å². The van der Waals surface area contributed by atoms with Crippen molar-refractivity contribution < 1.29 is 45.8 Å². The molecule has 256 valence electrons. The molecule has 1 aliphatic carbocycles. The first-order valence-corrected chi connectivity index (χ1v) is 15.3. The summed E-state index contributed by atoms with van der Waals surface area (Å²) in [5.74, 6) is -8.49. The number of piperidine rings is 1. The largest absolute Gasteiger partial charge is 0.384 e. The molecular formula is C29H34F6N8O4. The lowest BCUT2D eigenvalue weighted by atomic mass is 9.74. The molecule has 0 bridgehead atoms. The van der Waals surface area contributed by atoms with Crippen LogP contribution in [0, 0.1) is 5.92 Å². The molecule has 0 unspecified atom stereocenters. The summed E-state index contributed by atoms with van der Waals surface area (Å²) >= 11 is 0. The Kier molecular flexibility index (Phi) is 8.47. The molecule has 4 atom stereocenters. The van der Waals surface area contributed by atoms with Crippen LogP contribution in [0.1, 0.15) is 90.8 Å². The van der Waals surface area contributed by atoms with E-state index < -0.39 is 79.6 Å². The molecule has 3 aromatic heterocycles. The summed E-state index contributed by atoms with van der Waals surface area (Å²) < 4.78 is 91.3. The number of carbonyl (C=O) groups excluding carboxylic acids is 2. The molecule has 2 amide bonds. The number of hydrogen-bond donors (Lipinski definition) is 2. The number of ether oxygens (including phenoxy) is 1. The van der Waals surface area contributed by atoms with Gasteiger partial charge in [-0.2, -0.15) is 10.2 Å². The second kappa shape index (κ2) is 12.0. The Morgan fingerprint density at radius 2 is 1.72 bits per heavy atom. The first-order chi connectivity index (χ1) is 22.1.